The van der Waals surface area contributed by atoms with Gasteiger partial charge in [0.05, 0.1) is 18.0 Å². The Morgan fingerprint density at radius 1 is 1.15 bits per heavy atom. The van der Waals surface area contributed by atoms with Crippen LogP contribution < -0.4 is 5.32 Å². The molecule has 26 heavy (non-hydrogen) atoms. The molecule has 0 aromatic heterocycles. The second-order valence-corrected chi connectivity index (χ2v) is 8.26. The van der Waals surface area contributed by atoms with Gasteiger partial charge in [-0.05, 0) is 42.5 Å². The maximum absolute atomic E-state index is 12.7. The number of rotatable bonds is 7. The third-order valence-corrected chi connectivity index (χ3v) is 6.20. The van der Waals surface area contributed by atoms with Crippen LogP contribution in [0.15, 0.2) is 59.5 Å². The minimum Gasteiger partial charge on any atom is -0.345 e. The number of amides is 1. The van der Waals surface area contributed by atoms with Crippen molar-refractivity contribution in [2.45, 2.75) is 23.8 Å². The molecule has 1 aliphatic carbocycles. The lowest BCUT2D eigenvalue weighted by Crippen LogP contribution is -2.30. The molecule has 1 aliphatic rings. The Bertz CT molecular complexity index is 879. The number of nitrogens with one attached hydrogen (secondary N) is 1. The maximum atomic E-state index is 12.7. The van der Waals surface area contributed by atoms with Crippen LogP contribution in [0.5, 0.6) is 0 Å². The van der Waals surface area contributed by atoms with Crippen molar-refractivity contribution in [3.05, 3.63) is 65.7 Å². The normalized spacial score (nSPS) is 15.7. The first-order valence-electron chi connectivity index (χ1n) is 8.42. The summed E-state index contributed by atoms with van der Waals surface area (Å²) in [7, 11) is -1.22. The summed E-state index contributed by atoms with van der Waals surface area (Å²) >= 11 is 0. The molecule has 1 atom stereocenters. The van der Waals surface area contributed by atoms with Gasteiger partial charge in [-0.3, -0.25) is 9.63 Å². The molecule has 2 aromatic rings. The van der Waals surface area contributed by atoms with Gasteiger partial charge in [-0.25, -0.2) is 8.42 Å². The molecule has 0 aliphatic heterocycles. The maximum Gasteiger partial charge on any atom is 0.264 e. The van der Waals surface area contributed by atoms with Crippen LogP contribution in [-0.4, -0.2) is 33.0 Å². The van der Waals surface area contributed by atoms with Gasteiger partial charge in [0, 0.05) is 12.6 Å². The molecule has 0 radical (unpaired) electrons. The first-order chi connectivity index (χ1) is 12.4. The van der Waals surface area contributed by atoms with E-state index in [4.69, 9.17) is 4.84 Å². The third kappa shape index (κ3) is 3.95. The fourth-order valence-electron chi connectivity index (χ4n) is 2.83. The van der Waals surface area contributed by atoms with Crippen molar-refractivity contribution >= 4 is 15.9 Å². The Kier molecular flexibility index (Phi) is 5.41. The lowest BCUT2D eigenvalue weighted by atomic mass is 10.0. The standard InChI is InChI=1S/C19H22N2O4S/c1-21(25-2)26(23,24)17-10-6-9-16(13-17)19(22)20-18(15-11-12-15)14-7-4-3-5-8-14/h3-10,13,15,18H,11-12H2,1-2H3,(H,20,22). The van der Waals surface area contributed by atoms with Crippen LogP contribution in [0, 0.1) is 5.92 Å². The first-order valence-corrected chi connectivity index (χ1v) is 9.86. The van der Waals surface area contributed by atoms with Crippen molar-refractivity contribution in [2.24, 2.45) is 5.92 Å². The van der Waals surface area contributed by atoms with Gasteiger partial charge in [-0.2, -0.15) is 0 Å². The molecule has 1 fully saturated rings. The number of sulfonamides is 1. The van der Waals surface area contributed by atoms with Crippen molar-refractivity contribution in [3.8, 4) is 0 Å². The quantitative estimate of drug-likeness (QED) is 0.756. The molecular formula is C19H22N2O4S. The number of hydrogen-bond donors (Lipinski definition) is 1. The Balaban J connectivity index is 1.83. The number of nitrogens with zero attached hydrogens (tertiary/aromatic N) is 1. The van der Waals surface area contributed by atoms with Crippen LogP contribution in [0.25, 0.3) is 0 Å². The van der Waals surface area contributed by atoms with Gasteiger partial charge < -0.3 is 5.32 Å². The number of carbonyl (C=O) groups is 1. The lowest BCUT2D eigenvalue weighted by molar-refractivity contribution is -0.0258. The van der Waals surface area contributed by atoms with Gasteiger partial charge in [-0.1, -0.05) is 40.9 Å². The van der Waals surface area contributed by atoms with Gasteiger partial charge in [0.2, 0.25) is 0 Å². The molecule has 1 saturated carbocycles. The van der Waals surface area contributed by atoms with E-state index >= 15 is 0 Å². The van der Waals surface area contributed by atoms with Gasteiger partial charge in [0.1, 0.15) is 0 Å². The highest BCUT2D eigenvalue weighted by Gasteiger charge is 2.33. The fraction of sp³-hybridized carbons (Fsp3) is 0.316. The van der Waals surface area contributed by atoms with Gasteiger partial charge >= 0.3 is 0 Å². The zero-order valence-corrected chi connectivity index (χ0v) is 15.6. The first kappa shape index (κ1) is 18.6. The van der Waals surface area contributed by atoms with E-state index in [-0.39, 0.29) is 16.8 Å². The molecular weight excluding hydrogens is 352 g/mol. The molecule has 0 saturated heterocycles. The minimum atomic E-state index is -3.80. The average molecular weight is 374 g/mol. The van der Waals surface area contributed by atoms with Crippen LogP contribution in [-0.2, 0) is 14.9 Å². The number of hydrogen-bond acceptors (Lipinski definition) is 4. The second kappa shape index (κ2) is 7.57. The van der Waals surface area contributed by atoms with Gasteiger partial charge in [0.25, 0.3) is 15.9 Å². The lowest BCUT2D eigenvalue weighted by Gasteiger charge is -2.19. The Labute approximate surface area is 153 Å². The molecule has 2 aromatic carbocycles. The van der Waals surface area contributed by atoms with E-state index in [0.717, 1.165) is 22.9 Å². The summed E-state index contributed by atoms with van der Waals surface area (Å²) < 4.78 is 25.5. The molecule has 3 rings (SSSR count). The van der Waals surface area contributed by atoms with Crippen molar-refractivity contribution in [1.29, 1.82) is 0 Å². The number of carbonyl (C=O) groups excluding carboxylic acids is 1. The van der Waals surface area contributed by atoms with Crippen LogP contribution in [0.3, 0.4) is 0 Å². The summed E-state index contributed by atoms with van der Waals surface area (Å²) in [5, 5.41) is 3.05. The van der Waals surface area contributed by atoms with Crippen LogP contribution in [0.2, 0.25) is 0 Å². The second-order valence-electron chi connectivity index (χ2n) is 6.32. The summed E-state index contributed by atoms with van der Waals surface area (Å²) in [4.78, 5) is 17.5. The summed E-state index contributed by atoms with van der Waals surface area (Å²) in [6, 6.07) is 15.7. The summed E-state index contributed by atoms with van der Waals surface area (Å²) in [5.74, 6) is 0.135. The van der Waals surface area contributed by atoms with E-state index < -0.39 is 10.0 Å². The highest BCUT2D eigenvalue weighted by molar-refractivity contribution is 7.89. The highest BCUT2D eigenvalue weighted by Crippen LogP contribution is 2.41. The highest BCUT2D eigenvalue weighted by atomic mass is 32.2. The predicted octanol–water partition coefficient (Wildman–Crippen LogP) is 2.75. The fourth-order valence-corrected chi connectivity index (χ4v) is 3.85. The summed E-state index contributed by atoms with van der Waals surface area (Å²) in [5.41, 5.74) is 1.36. The van der Waals surface area contributed by atoms with Gasteiger partial charge in [-0.15, -0.1) is 0 Å². The SMILES string of the molecule is CON(C)S(=O)(=O)c1cccc(C(=O)NC(c2ccccc2)C2CC2)c1. The zero-order chi connectivity index (χ0) is 18.7. The Hall–Kier alpha value is -2.22. The molecule has 0 bridgehead atoms. The minimum absolute atomic E-state index is 0.0113. The van der Waals surface area contributed by atoms with Crippen molar-refractivity contribution in [1.82, 2.24) is 9.79 Å². The van der Waals surface area contributed by atoms with E-state index in [1.165, 1.54) is 26.3 Å². The summed E-state index contributed by atoms with van der Waals surface area (Å²) in [6.45, 7) is 0. The van der Waals surface area contributed by atoms with E-state index in [2.05, 4.69) is 5.32 Å². The third-order valence-electron chi connectivity index (χ3n) is 4.53. The van der Waals surface area contributed by atoms with E-state index in [1.807, 2.05) is 30.3 Å². The number of hydroxylamine groups is 1. The predicted molar refractivity (Wildman–Crippen MR) is 97.8 cm³/mol. The zero-order valence-electron chi connectivity index (χ0n) is 14.8. The average Bonchev–Trinajstić information content (AvgIpc) is 3.51. The van der Waals surface area contributed by atoms with E-state index in [9.17, 15) is 13.2 Å². The van der Waals surface area contributed by atoms with Gasteiger partial charge in [0.15, 0.2) is 0 Å². The van der Waals surface area contributed by atoms with Crippen molar-refractivity contribution < 1.29 is 18.0 Å². The largest absolute Gasteiger partial charge is 0.345 e. The molecule has 1 N–H and O–H groups in total. The summed E-state index contributed by atoms with van der Waals surface area (Å²) in [6.07, 6.45) is 2.15. The smallest absolute Gasteiger partial charge is 0.264 e. The molecule has 7 heteroatoms. The van der Waals surface area contributed by atoms with Crippen LogP contribution in [0.4, 0.5) is 0 Å². The van der Waals surface area contributed by atoms with Crippen molar-refractivity contribution in [3.63, 3.8) is 0 Å². The van der Waals surface area contributed by atoms with E-state index in [1.54, 1.807) is 12.1 Å². The van der Waals surface area contributed by atoms with E-state index in [0.29, 0.717) is 11.5 Å². The topological polar surface area (TPSA) is 75.7 Å². The molecule has 0 spiro atoms. The molecule has 0 heterocycles. The van der Waals surface area contributed by atoms with Crippen LogP contribution in [0.1, 0.15) is 34.8 Å². The Morgan fingerprint density at radius 2 is 1.85 bits per heavy atom. The van der Waals surface area contributed by atoms with Crippen molar-refractivity contribution in [2.75, 3.05) is 14.2 Å². The monoisotopic (exact) mass is 374 g/mol. The molecule has 138 valence electrons. The van der Waals surface area contributed by atoms with Crippen LogP contribution >= 0.6 is 0 Å². The molecule has 1 unspecified atom stereocenters. The molecule has 6 nitrogen and oxygen atoms in total. The molecule has 1 amide bonds. The Morgan fingerprint density at radius 3 is 2.46 bits per heavy atom. The number of benzene rings is 2.